The zero-order chi connectivity index (χ0) is 16.9. The van der Waals surface area contributed by atoms with E-state index in [2.05, 4.69) is 12.2 Å². The molecule has 2 N–H and O–H groups in total. The van der Waals surface area contributed by atoms with Gasteiger partial charge in [0.1, 0.15) is 6.61 Å². The van der Waals surface area contributed by atoms with Gasteiger partial charge in [-0.3, -0.25) is 9.59 Å². The van der Waals surface area contributed by atoms with Crippen molar-refractivity contribution < 1.29 is 19.4 Å². The predicted molar refractivity (Wildman–Crippen MR) is 90.0 cm³/mol. The quantitative estimate of drug-likeness (QED) is 0.403. The number of hydrogen-bond acceptors (Lipinski definition) is 4. The molecular weight excluding hydrogens is 294 g/mol. The number of carbonyl (C=O) groups excluding carboxylic acids is 2. The highest BCUT2D eigenvalue weighted by Crippen LogP contribution is 2.12. The first-order valence-electron chi connectivity index (χ1n) is 9.25. The van der Waals surface area contributed by atoms with Gasteiger partial charge in [0, 0.05) is 0 Å². The summed E-state index contributed by atoms with van der Waals surface area (Å²) in [4.78, 5) is 22.7. The molecule has 0 radical (unpaired) electrons. The van der Waals surface area contributed by atoms with Gasteiger partial charge in [0.25, 0.3) is 0 Å². The minimum absolute atomic E-state index is 0.113. The van der Waals surface area contributed by atoms with Crippen LogP contribution >= 0.6 is 0 Å². The normalized spacial score (nSPS) is 18.7. The van der Waals surface area contributed by atoms with Gasteiger partial charge in [0.2, 0.25) is 5.91 Å². The molecule has 0 aromatic rings. The van der Waals surface area contributed by atoms with Crippen LogP contribution in [-0.4, -0.2) is 35.7 Å². The lowest BCUT2D eigenvalue weighted by Crippen LogP contribution is -2.36. The number of aliphatic hydroxyl groups is 1. The molecule has 0 saturated carbocycles. The van der Waals surface area contributed by atoms with Crippen molar-refractivity contribution in [3.63, 3.8) is 0 Å². The SMILES string of the molecule is CCCCCCCCCCCC(O)CC(=O)NC1COC(=O)C1. The molecule has 5 nitrogen and oxygen atoms in total. The van der Waals surface area contributed by atoms with E-state index in [1.54, 1.807) is 0 Å². The summed E-state index contributed by atoms with van der Waals surface area (Å²) < 4.78 is 4.79. The number of ether oxygens (including phenoxy) is 1. The highest BCUT2D eigenvalue weighted by molar-refractivity contribution is 5.79. The van der Waals surface area contributed by atoms with Crippen LogP contribution in [0.3, 0.4) is 0 Å². The van der Waals surface area contributed by atoms with Crippen molar-refractivity contribution in [2.24, 2.45) is 0 Å². The molecule has 5 heteroatoms. The van der Waals surface area contributed by atoms with Gasteiger partial charge >= 0.3 is 5.97 Å². The fourth-order valence-corrected chi connectivity index (χ4v) is 2.90. The first-order chi connectivity index (χ1) is 11.1. The van der Waals surface area contributed by atoms with Gasteiger partial charge in [-0.2, -0.15) is 0 Å². The molecule has 0 aliphatic carbocycles. The van der Waals surface area contributed by atoms with Crippen LogP contribution in [-0.2, 0) is 14.3 Å². The van der Waals surface area contributed by atoms with Gasteiger partial charge in [0.05, 0.1) is 25.0 Å². The van der Waals surface area contributed by atoms with Gasteiger partial charge in [-0.25, -0.2) is 0 Å². The summed E-state index contributed by atoms with van der Waals surface area (Å²) in [7, 11) is 0. The Bertz CT molecular complexity index is 346. The van der Waals surface area contributed by atoms with E-state index in [-0.39, 0.29) is 37.4 Å². The first kappa shape index (κ1) is 19.9. The maximum atomic E-state index is 11.7. The van der Waals surface area contributed by atoms with Crippen LogP contribution in [0.15, 0.2) is 0 Å². The monoisotopic (exact) mass is 327 g/mol. The summed E-state index contributed by atoms with van der Waals surface area (Å²) >= 11 is 0. The molecule has 0 spiro atoms. The number of unbranched alkanes of at least 4 members (excludes halogenated alkanes) is 8. The van der Waals surface area contributed by atoms with E-state index in [9.17, 15) is 14.7 Å². The molecule has 1 saturated heterocycles. The van der Waals surface area contributed by atoms with Crippen molar-refractivity contribution in [1.29, 1.82) is 0 Å². The van der Waals surface area contributed by atoms with Gasteiger partial charge in [-0.05, 0) is 6.42 Å². The predicted octanol–water partition coefficient (Wildman–Crippen LogP) is 3.09. The van der Waals surface area contributed by atoms with E-state index in [1.165, 1.54) is 44.9 Å². The zero-order valence-corrected chi connectivity index (χ0v) is 14.5. The number of hydrogen-bond donors (Lipinski definition) is 2. The van der Waals surface area contributed by atoms with Crippen LogP contribution in [0.4, 0.5) is 0 Å². The minimum Gasteiger partial charge on any atom is -0.463 e. The second kappa shape index (κ2) is 12.3. The maximum absolute atomic E-state index is 11.7. The largest absolute Gasteiger partial charge is 0.463 e. The van der Waals surface area contributed by atoms with Crippen LogP contribution in [0.1, 0.15) is 84.0 Å². The van der Waals surface area contributed by atoms with Crippen LogP contribution in [0.5, 0.6) is 0 Å². The number of esters is 1. The second-order valence-corrected chi connectivity index (χ2v) is 6.63. The van der Waals surface area contributed by atoms with E-state index in [0.29, 0.717) is 6.42 Å². The molecule has 1 heterocycles. The van der Waals surface area contributed by atoms with Crippen molar-refractivity contribution >= 4 is 11.9 Å². The van der Waals surface area contributed by atoms with Gasteiger partial charge in [-0.15, -0.1) is 0 Å². The first-order valence-corrected chi connectivity index (χ1v) is 9.25. The summed E-state index contributed by atoms with van der Waals surface area (Å²) in [5.74, 6) is -0.470. The minimum atomic E-state index is -0.586. The Morgan fingerprint density at radius 3 is 2.35 bits per heavy atom. The molecule has 0 bridgehead atoms. The van der Waals surface area contributed by atoms with Gasteiger partial charge in [-0.1, -0.05) is 64.7 Å². The molecule has 0 aromatic heterocycles. The third-order valence-corrected chi connectivity index (χ3v) is 4.29. The Kier molecular flexibility index (Phi) is 10.7. The van der Waals surface area contributed by atoms with E-state index in [4.69, 9.17) is 4.74 Å². The van der Waals surface area contributed by atoms with E-state index < -0.39 is 6.10 Å². The molecule has 1 aliphatic heterocycles. The summed E-state index contributed by atoms with van der Waals surface area (Å²) in [6, 6.07) is -0.227. The summed E-state index contributed by atoms with van der Waals surface area (Å²) in [5.41, 5.74) is 0. The molecule has 1 amide bonds. The summed E-state index contributed by atoms with van der Waals surface area (Å²) in [6.45, 7) is 2.48. The fourth-order valence-electron chi connectivity index (χ4n) is 2.90. The van der Waals surface area contributed by atoms with E-state index in [0.717, 1.165) is 12.8 Å². The molecular formula is C18H33NO4. The lowest BCUT2D eigenvalue weighted by molar-refractivity contribution is -0.138. The van der Waals surface area contributed by atoms with Crippen molar-refractivity contribution in [3.05, 3.63) is 0 Å². The van der Waals surface area contributed by atoms with Crippen molar-refractivity contribution in [1.82, 2.24) is 5.32 Å². The zero-order valence-electron chi connectivity index (χ0n) is 14.5. The fraction of sp³-hybridized carbons (Fsp3) is 0.889. The van der Waals surface area contributed by atoms with Crippen LogP contribution < -0.4 is 5.32 Å². The average Bonchev–Trinajstić information content (AvgIpc) is 2.90. The van der Waals surface area contributed by atoms with Crippen LogP contribution in [0.2, 0.25) is 0 Å². The van der Waals surface area contributed by atoms with Gasteiger partial charge < -0.3 is 15.2 Å². The third-order valence-electron chi connectivity index (χ3n) is 4.29. The molecule has 2 unspecified atom stereocenters. The molecule has 1 aliphatic rings. The van der Waals surface area contributed by atoms with Crippen molar-refractivity contribution in [2.75, 3.05) is 6.61 Å². The van der Waals surface area contributed by atoms with Gasteiger partial charge in [0.15, 0.2) is 0 Å². The molecule has 0 aromatic carbocycles. The highest BCUT2D eigenvalue weighted by atomic mass is 16.5. The maximum Gasteiger partial charge on any atom is 0.308 e. The number of aliphatic hydroxyl groups excluding tert-OH is 1. The Morgan fingerprint density at radius 1 is 1.17 bits per heavy atom. The number of amides is 1. The number of cyclic esters (lactones) is 1. The van der Waals surface area contributed by atoms with Crippen molar-refractivity contribution in [3.8, 4) is 0 Å². The van der Waals surface area contributed by atoms with Crippen LogP contribution in [0.25, 0.3) is 0 Å². The van der Waals surface area contributed by atoms with Crippen LogP contribution in [0, 0.1) is 0 Å². The molecule has 1 fully saturated rings. The van der Waals surface area contributed by atoms with E-state index in [1.807, 2.05) is 0 Å². The highest BCUT2D eigenvalue weighted by Gasteiger charge is 2.25. The Hall–Kier alpha value is -1.10. The molecule has 1 rings (SSSR count). The third kappa shape index (κ3) is 10.3. The standard InChI is InChI=1S/C18H33NO4/c1-2-3-4-5-6-7-8-9-10-11-16(20)13-17(21)19-15-12-18(22)23-14-15/h15-16,20H,2-14H2,1H3,(H,19,21). The Morgan fingerprint density at radius 2 is 1.78 bits per heavy atom. The number of nitrogens with one attached hydrogen (secondary N) is 1. The molecule has 23 heavy (non-hydrogen) atoms. The molecule has 134 valence electrons. The number of rotatable bonds is 13. The number of carbonyl (C=O) groups is 2. The Balaban J connectivity index is 1.92. The smallest absolute Gasteiger partial charge is 0.308 e. The van der Waals surface area contributed by atoms with Crippen molar-refractivity contribution in [2.45, 2.75) is 96.1 Å². The second-order valence-electron chi connectivity index (χ2n) is 6.63. The summed E-state index contributed by atoms with van der Waals surface area (Å²) in [6.07, 6.45) is 11.6. The average molecular weight is 327 g/mol. The Labute approximate surface area is 140 Å². The topological polar surface area (TPSA) is 75.6 Å². The lowest BCUT2D eigenvalue weighted by Gasteiger charge is -2.13. The lowest BCUT2D eigenvalue weighted by atomic mass is 10.0. The summed E-state index contributed by atoms with van der Waals surface area (Å²) in [5, 5.41) is 12.6. The molecule has 2 atom stereocenters. The van der Waals surface area contributed by atoms with E-state index >= 15 is 0 Å².